The van der Waals surface area contributed by atoms with Gasteiger partial charge in [0.15, 0.2) is 0 Å². The highest BCUT2D eigenvalue weighted by molar-refractivity contribution is 5.99. The molecule has 2 aromatic rings. The van der Waals surface area contributed by atoms with Crippen molar-refractivity contribution in [3.8, 4) is 0 Å². The molecule has 0 spiro atoms. The van der Waals surface area contributed by atoms with Crippen LogP contribution in [-0.2, 0) is 11.2 Å². The Bertz CT molecular complexity index is 799. The van der Waals surface area contributed by atoms with Gasteiger partial charge in [-0.2, -0.15) is 0 Å². The summed E-state index contributed by atoms with van der Waals surface area (Å²) in [5.41, 5.74) is 0.758. The predicted octanol–water partition coefficient (Wildman–Crippen LogP) is 3.34. The fourth-order valence-corrected chi connectivity index (χ4v) is 2.37. The molecule has 0 unspecified atom stereocenters. The van der Waals surface area contributed by atoms with Crippen LogP contribution in [0.3, 0.4) is 0 Å². The Morgan fingerprint density at radius 2 is 1.72 bits per heavy atom. The van der Waals surface area contributed by atoms with Crippen molar-refractivity contribution in [1.82, 2.24) is 5.32 Å². The molecule has 0 atom stereocenters. The number of carbonyl (C=O) groups is 2. The molecule has 0 radical (unpaired) electrons. The van der Waals surface area contributed by atoms with E-state index in [1.54, 1.807) is 32.0 Å². The maximum Gasteiger partial charge on any atom is 0.251 e. The molecule has 0 aliphatic rings. The SMILES string of the molecule is CCNC(=O)c1cccc(NC(=O)Cc2c(F)cc(F)cc2F)c1C. The van der Waals surface area contributed by atoms with Crippen LogP contribution in [0, 0.1) is 24.4 Å². The fraction of sp³-hybridized carbons (Fsp3) is 0.222. The largest absolute Gasteiger partial charge is 0.352 e. The van der Waals surface area contributed by atoms with E-state index in [4.69, 9.17) is 0 Å². The average Bonchev–Trinajstić information content (AvgIpc) is 2.53. The predicted molar refractivity (Wildman–Crippen MR) is 87.8 cm³/mol. The lowest BCUT2D eigenvalue weighted by atomic mass is 10.1. The van der Waals surface area contributed by atoms with E-state index < -0.39 is 35.3 Å². The van der Waals surface area contributed by atoms with Gasteiger partial charge >= 0.3 is 0 Å². The van der Waals surface area contributed by atoms with E-state index in [9.17, 15) is 22.8 Å². The van der Waals surface area contributed by atoms with Crippen LogP contribution in [0.1, 0.15) is 28.4 Å². The smallest absolute Gasteiger partial charge is 0.251 e. The van der Waals surface area contributed by atoms with Crippen LogP contribution in [0.5, 0.6) is 0 Å². The molecule has 2 N–H and O–H groups in total. The molecule has 0 heterocycles. The molecular formula is C18H17F3N2O2. The molecular weight excluding hydrogens is 333 g/mol. The van der Waals surface area contributed by atoms with Crippen molar-refractivity contribution in [2.24, 2.45) is 0 Å². The molecule has 0 saturated carbocycles. The van der Waals surface area contributed by atoms with Crippen molar-refractivity contribution >= 4 is 17.5 Å². The fourth-order valence-electron chi connectivity index (χ4n) is 2.37. The van der Waals surface area contributed by atoms with Crippen LogP contribution >= 0.6 is 0 Å². The van der Waals surface area contributed by atoms with E-state index in [1.807, 2.05) is 0 Å². The summed E-state index contributed by atoms with van der Waals surface area (Å²) in [7, 11) is 0. The summed E-state index contributed by atoms with van der Waals surface area (Å²) >= 11 is 0. The Kier molecular flexibility index (Phi) is 5.80. The Morgan fingerprint density at radius 1 is 1.08 bits per heavy atom. The number of rotatable bonds is 5. The minimum absolute atomic E-state index is 0.285. The second kappa shape index (κ2) is 7.83. The van der Waals surface area contributed by atoms with Crippen LogP contribution < -0.4 is 10.6 Å². The molecule has 0 aliphatic carbocycles. The minimum atomic E-state index is -1.12. The van der Waals surface area contributed by atoms with Crippen LogP contribution in [0.2, 0.25) is 0 Å². The molecule has 2 amide bonds. The quantitative estimate of drug-likeness (QED) is 0.869. The first kappa shape index (κ1) is 18.5. The third kappa shape index (κ3) is 4.37. The highest BCUT2D eigenvalue weighted by Gasteiger charge is 2.17. The highest BCUT2D eigenvalue weighted by Crippen LogP contribution is 2.20. The maximum absolute atomic E-state index is 13.6. The van der Waals surface area contributed by atoms with Gasteiger partial charge in [-0.1, -0.05) is 6.07 Å². The van der Waals surface area contributed by atoms with Gasteiger partial charge in [0.25, 0.3) is 5.91 Å². The van der Waals surface area contributed by atoms with E-state index >= 15 is 0 Å². The molecule has 0 bridgehead atoms. The molecule has 132 valence electrons. The first-order valence-corrected chi connectivity index (χ1v) is 7.64. The third-order valence-corrected chi connectivity index (χ3v) is 3.63. The molecule has 7 heteroatoms. The molecule has 0 saturated heterocycles. The van der Waals surface area contributed by atoms with Crippen molar-refractivity contribution in [3.05, 3.63) is 64.5 Å². The van der Waals surface area contributed by atoms with Crippen LogP contribution in [0.25, 0.3) is 0 Å². The summed E-state index contributed by atoms with van der Waals surface area (Å²) in [5, 5.41) is 5.18. The van der Waals surface area contributed by atoms with E-state index in [0.717, 1.165) is 0 Å². The third-order valence-electron chi connectivity index (χ3n) is 3.63. The lowest BCUT2D eigenvalue weighted by Gasteiger charge is -2.13. The summed E-state index contributed by atoms with van der Waals surface area (Å²) in [5.74, 6) is -4.27. The lowest BCUT2D eigenvalue weighted by Crippen LogP contribution is -2.24. The normalized spacial score (nSPS) is 10.4. The van der Waals surface area contributed by atoms with Gasteiger partial charge in [-0.05, 0) is 31.5 Å². The van der Waals surface area contributed by atoms with E-state index in [2.05, 4.69) is 10.6 Å². The first-order chi connectivity index (χ1) is 11.8. The summed E-state index contributed by atoms with van der Waals surface area (Å²) in [6.07, 6.45) is -0.594. The zero-order chi connectivity index (χ0) is 18.6. The Morgan fingerprint density at radius 3 is 2.32 bits per heavy atom. The monoisotopic (exact) mass is 350 g/mol. The van der Waals surface area contributed by atoms with Crippen molar-refractivity contribution in [1.29, 1.82) is 0 Å². The zero-order valence-electron chi connectivity index (χ0n) is 13.8. The molecule has 0 aromatic heterocycles. The maximum atomic E-state index is 13.6. The van der Waals surface area contributed by atoms with E-state index in [-0.39, 0.29) is 5.91 Å². The molecule has 25 heavy (non-hydrogen) atoms. The van der Waals surface area contributed by atoms with Gasteiger partial charge in [-0.15, -0.1) is 0 Å². The lowest BCUT2D eigenvalue weighted by molar-refractivity contribution is -0.115. The zero-order valence-corrected chi connectivity index (χ0v) is 13.8. The second-order valence-electron chi connectivity index (χ2n) is 5.41. The topological polar surface area (TPSA) is 58.2 Å². The molecule has 0 aliphatic heterocycles. The standard InChI is InChI=1S/C18H17F3N2O2/c1-3-22-18(25)12-5-4-6-16(10(12)2)23-17(24)9-13-14(20)7-11(19)8-15(13)21/h4-8H,3,9H2,1-2H3,(H,22,25)(H,23,24). The summed E-state index contributed by atoms with van der Waals surface area (Å²) < 4.78 is 40.2. The molecule has 2 aromatic carbocycles. The van der Waals surface area contributed by atoms with Crippen LogP contribution in [-0.4, -0.2) is 18.4 Å². The average molecular weight is 350 g/mol. The Hall–Kier alpha value is -2.83. The number of nitrogens with one attached hydrogen (secondary N) is 2. The molecule has 0 fully saturated rings. The number of anilines is 1. The van der Waals surface area contributed by atoms with Gasteiger partial charge in [0.05, 0.1) is 6.42 Å². The van der Waals surface area contributed by atoms with Crippen molar-refractivity contribution < 1.29 is 22.8 Å². The van der Waals surface area contributed by atoms with Crippen molar-refractivity contribution in [3.63, 3.8) is 0 Å². The number of benzene rings is 2. The van der Waals surface area contributed by atoms with Gasteiger partial charge in [-0.25, -0.2) is 13.2 Å². The summed E-state index contributed by atoms with van der Waals surface area (Å²) in [4.78, 5) is 24.0. The summed E-state index contributed by atoms with van der Waals surface area (Å²) in [6.45, 7) is 3.89. The van der Waals surface area contributed by atoms with E-state index in [0.29, 0.717) is 35.5 Å². The van der Waals surface area contributed by atoms with Gasteiger partial charge in [-0.3, -0.25) is 9.59 Å². The minimum Gasteiger partial charge on any atom is -0.352 e. The number of carbonyl (C=O) groups excluding carboxylic acids is 2. The van der Waals surface area contributed by atoms with Gasteiger partial charge < -0.3 is 10.6 Å². The number of amides is 2. The Labute approximate surface area is 143 Å². The summed E-state index contributed by atoms with van der Waals surface area (Å²) in [6, 6.07) is 5.81. The van der Waals surface area contributed by atoms with E-state index in [1.165, 1.54) is 0 Å². The van der Waals surface area contributed by atoms with Gasteiger partial charge in [0.2, 0.25) is 5.91 Å². The molecule has 2 rings (SSSR count). The number of hydrogen-bond donors (Lipinski definition) is 2. The molecule has 4 nitrogen and oxygen atoms in total. The van der Waals surface area contributed by atoms with Gasteiger partial charge in [0.1, 0.15) is 17.5 Å². The first-order valence-electron chi connectivity index (χ1n) is 7.64. The number of halogens is 3. The second-order valence-corrected chi connectivity index (χ2v) is 5.41. The van der Waals surface area contributed by atoms with Crippen molar-refractivity contribution in [2.45, 2.75) is 20.3 Å². The Balaban J connectivity index is 2.19. The van der Waals surface area contributed by atoms with Crippen molar-refractivity contribution in [2.75, 3.05) is 11.9 Å². The number of hydrogen-bond acceptors (Lipinski definition) is 2. The van der Waals surface area contributed by atoms with Crippen LogP contribution in [0.4, 0.5) is 18.9 Å². The van der Waals surface area contributed by atoms with Gasteiger partial charge in [0, 0.05) is 35.5 Å². The highest BCUT2D eigenvalue weighted by atomic mass is 19.1. The van der Waals surface area contributed by atoms with Crippen LogP contribution in [0.15, 0.2) is 30.3 Å².